The first-order valence-electron chi connectivity index (χ1n) is 18.4. The van der Waals surface area contributed by atoms with Crippen LogP contribution in [0, 0.1) is 25.5 Å². The summed E-state index contributed by atoms with van der Waals surface area (Å²) in [6.45, 7) is 3.18. The number of esters is 1. The van der Waals surface area contributed by atoms with Gasteiger partial charge in [0.25, 0.3) is 17.7 Å². The molecule has 4 N–H and O–H groups in total. The molecule has 0 spiro atoms. The summed E-state index contributed by atoms with van der Waals surface area (Å²) in [4.78, 5) is 56.6. The number of halogens is 10. The third kappa shape index (κ3) is 13.7. The van der Waals surface area contributed by atoms with E-state index in [0.29, 0.717) is 11.1 Å². The van der Waals surface area contributed by atoms with Crippen molar-refractivity contribution in [3.05, 3.63) is 153 Å². The van der Waals surface area contributed by atoms with Crippen molar-refractivity contribution in [2.75, 3.05) is 17.7 Å². The SMILES string of the molecule is COC(=O)c1cc(NC(=O)c2c(Oc3ccc(OC(F)(F)F)cc3)ccc(Cl)c2F)c(C)cn1.Cc1cnc(C(N)=O)cc1NC(=O)c1c(Oc2ccc(OC(F)(F)F)cc2)ccc(Cl)c1F. The van der Waals surface area contributed by atoms with E-state index in [4.69, 9.17) is 38.4 Å². The van der Waals surface area contributed by atoms with Crippen molar-refractivity contribution in [3.63, 3.8) is 0 Å². The van der Waals surface area contributed by atoms with Crippen molar-refractivity contribution in [2.24, 2.45) is 5.73 Å². The van der Waals surface area contributed by atoms with E-state index >= 15 is 0 Å². The third-order valence-electron chi connectivity index (χ3n) is 8.49. The molecule has 24 heteroatoms. The van der Waals surface area contributed by atoms with Gasteiger partial charge in [-0.25, -0.2) is 18.6 Å². The molecule has 6 aromatic rings. The lowest BCUT2D eigenvalue weighted by molar-refractivity contribution is -0.275. The summed E-state index contributed by atoms with van der Waals surface area (Å²) in [6, 6.07) is 15.7. The topological polar surface area (TPSA) is 190 Å². The first-order valence-corrected chi connectivity index (χ1v) is 19.2. The largest absolute Gasteiger partial charge is 0.573 e. The third-order valence-corrected chi connectivity index (χ3v) is 9.07. The average Bonchev–Trinajstić information content (AvgIpc) is 3.25. The minimum atomic E-state index is -4.87. The van der Waals surface area contributed by atoms with E-state index in [1.807, 2.05) is 0 Å². The quantitative estimate of drug-likeness (QED) is 0.0781. The molecule has 0 atom stereocenters. The van der Waals surface area contributed by atoms with Crippen LogP contribution in [-0.2, 0) is 4.74 Å². The van der Waals surface area contributed by atoms with Crippen molar-refractivity contribution in [1.29, 1.82) is 0 Å². The number of nitrogens with two attached hydrogens (primary N) is 1. The minimum absolute atomic E-state index is 0.00151. The average molecular weight is 983 g/mol. The second-order valence-electron chi connectivity index (χ2n) is 13.2. The van der Waals surface area contributed by atoms with E-state index in [9.17, 15) is 54.3 Å². The van der Waals surface area contributed by atoms with E-state index in [-0.39, 0.29) is 55.8 Å². The highest BCUT2D eigenvalue weighted by Crippen LogP contribution is 2.36. The zero-order valence-corrected chi connectivity index (χ0v) is 35.7. The van der Waals surface area contributed by atoms with Crippen LogP contribution < -0.4 is 35.3 Å². The number of nitrogens with one attached hydrogen (secondary N) is 2. The molecule has 0 aliphatic carbocycles. The number of aryl methyl sites for hydroxylation is 2. The Balaban J connectivity index is 0.000000251. The molecule has 4 aromatic carbocycles. The van der Waals surface area contributed by atoms with Gasteiger partial charge in [-0.05, 0) is 110 Å². The van der Waals surface area contributed by atoms with Crippen LogP contribution in [0.4, 0.5) is 46.5 Å². The molecule has 0 saturated heterocycles. The molecule has 3 amide bonds. The Labute approximate surface area is 382 Å². The molecule has 14 nitrogen and oxygen atoms in total. The Kier molecular flexibility index (Phi) is 15.8. The Morgan fingerprint density at radius 3 is 1.30 bits per heavy atom. The highest BCUT2D eigenvalue weighted by molar-refractivity contribution is 6.31. The number of aromatic nitrogens is 2. The van der Waals surface area contributed by atoms with Gasteiger partial charge in [0, 0.05) is 23.8 Å². The number of benzene rings is 4. The van der Waals surface area contributed by atoms with Gasteiger partial charge in [-0.15, -0.1) is 26.3 Å². The van der Waals surface area contributed by atoms with Gasteiger partial charge in [-0.1, -0.05) is 23.2 Å². The number of carbonyl (C=O) groups is 4. The van der Waals surface area contributed by atoms with Crippen LogP contribution in [0.3, 0.4) is 0 Å². The first-order chi connectivity index (χ1) is 31.4. The smallest absolute Gasteiger partial charge is 0.464 e. The number of hydrogen-bond acceptors (Lipinski definition) is 11. The van der Waals surface area contributed by atoms with Gasteiger partial charge in [0.05, 0.1) is 17.2 Å². The zero-order valence-electron chi connectivity index (χ0n) is 34.2. The van der Waals surface area contributed by atoms with Crippen molar-refractivity contribution in [1.82, 2.24) is 9.97 Å². The van der Waals surface area contributed by atoms with Crippen molar-refractivity contribution < 1.29 is 78.0 Å². The summed E-state index contributed by atoms with van der Waals surface area (Å²) in [6.07, 6.45) is -7.12. The zero-order chi connectivity index (χ0) is 49.4. The van der Waals surface area contributed by atoms with E-state index in [1.54, 1.807) is 13.8 Å². The summed E-state index contributed by atoms with van der Waals surface area (Å²) in [5.41, 5.74) is 5.05. The molecular weight excluding hydrogens is 953 g/mol. The number of amides is 3. The molecule has 0 bridgehead atoms. The Morgan fingerprint density at radius 2 is 0.940 bits per heavy atom. The molecule has 2 aromatic heterocycles. The molecule has 0 aliphatic heterocycles. The van der Waals surface area contributed by atoms with Crippen molar-refractivity contribution >= 4 is 58.3 Å². The summed E-state index contributed by atoms with van der Waals surface area (Å²) < 4.78 is 127. The fraction of sp³-hybridized carbons (Fsp3) is 0.116. The number of hydrogen-bond donors (Lipinski definition) is 3. The maximum Gasteiger partial charge on any atom is 0.573 e. The van der Waals surface area contributed by atoms with E-state index < -0.39 is 70.7 Å². The monoisotopic (exact) mass is 981 g/mol. The van der Waals surface area contributed by atoms with Crippen molar-refractivity contribution in [3.8, 4) is 34.5 Å². The maximum atomic E-state index is 14.8. The molecule has 0 radical (unpaired) electrons. The lowest BCUT2D eigenvalue weighted by Crippen LogP contribution is -2.18. The number of pyridine rings is 2. The van der Waals surface area contributed by atoms with Crippen molar-refractivity contribution in [2.45, 2.75) is 26.6 Å². The Morgan fingerprint density at radius 1 is 0.582 bits per heavy atom. The number of rotatable bonds is 12. The molecule has 67 heavy (non-hydrogen) atoms. The normalized spacial score (nSPS) is 11.1. The lowest BCUT2D eigenvalue weighted by atomic mass is 10.1. The molecule has 0 fully saturated rings. The maximum absolute atomic E-state index is 14.8. The van der Waals surface area contributed by atoms with E-state index in [1.165, 1.54) is 36.7 Å². The van der Waals surface area contributed by atoms with Crippen LogP contribution in [0.2, 0.25) is 10.0 Å². The standard InChI is InChI=1S/C22H15ClF4N2O5.C21H14ClF4N3O4/c1-11-10-28-16(21(31)32-2)9-15(11)29-20(30)18-17(8-7-14(23)19(18)24)33-12-3-5-13(6-4-12)34-22(25,26)27;1-10-9-28-15(19(27)30)8-14(10)29-20(31)17-16(7-6-13(22)18(17)23)32-11-2-4-12(5-3-11)33-21(24,25)26/h3-10H,1-2H3,(H,28,29,30);2-9H,1H3,(H2,27,30)(H,28,29,31). The van der Waals surface area contributed by atoms with Crippen LogP contribution in [0.5, 0.6) is 34.5 Å². The van der Waals surface area contributed by atoms with Gasteiger partial charge in [0.2, 0.25) is 0 Å². The number of anilines is 2. The van der Waals surface area contributed by atoms with Gasteiger partial charge in [0.15, 0.2) is 11.6 Å². The summed E-state index contributed by atoms with van der Waals surface area (Å²) in [5.74, 6) is -7.20. The van der Waals surface area contributed by atoms with Gasteiger partial charge < -0.3 is 40.1 Å². The van der Waals surface area contributed by atoms with Crippen LogP contribution in [-0.4, -0.2) is 53.5 Å². The van der Waals surface area contributed by atoms with Gasteiger partial charge >= 0.3 is 18.7 Å². The Hall–Kier alpha value is -7.72. The molecule has 350 valence electrons. The molecule has 0 saturated carbocycles. The second kappa shape index (κ2) is 21.1. The minimum Gasteiger partial charge on any atom is -0.464 e. The van der Waals surface area contributed by atoms with Gasteiger partial charge in [0.1, 0.15) is 57.0 Å². The summed E-state index contributed by atoms with van der Waals surface area (Å²) in [7, 11) is 1.16. The number of alkyl halides is 6. The number of carbonyl (C=O) groups excluding carboxylic acids is 4. The van der Waals surface area contributed by atoms with Crippen LogP contribution in [0.15, 0.2) is 97.3 Å². The molecule has 6 rings (SSSR count). The fourth-order valence-electron chi connectivity index (χ4n) is 5.37. The highest BCUT2D eigenvalue weighted by atomic mass is 35.5. The number of methoxy groups -OCH3 is 1. The Bertz CT molecular complexity index is 2830. The summed E-state index contributed by atoms with van der Waals surface area (Å²) >= 11 is 11.6. The molecule has 0 unspecified atom stereocenters. The molecular formula is C43H29Cl2F8N5O9. The first kappa shape index (κ1) is 50.3. The van der Waals surface area contributed by atoms with Crippen LogP contribution in [0.25, 0.3) is 0 Å². The summed E-state index contributed by atoms with van der Waals surface area (Å²) in [5, 5.41) is 4.17. The van der Waals surface area contributed by atoms with Gasteiger partial charge in [-0.2, -0.15) is 0 Å². The number of ether oxygens (including phenoxy) is 5. The van der Waals surface area contributed by atoms with E-state index in [0.717, 1.165) is 67.8 Å². The number of nitrogens with zero attached hydrogens (tertiary/aromatic N) is 2. The fourth-order valence-corrected chi connectivity index (χ4v) is 5.68. The predicted octanol–water partition coefficient (Wildman–Crippen LogP) is 11.1. The second-order valence-corrected chi connectivity index (χ2v) is 14.1. The highest BCUT2D eigenvalue weighted by Gasteiger charge is 2.32. The molecule has 2 heterocycles. The van der Waals surface area contributed by atoms with Gasteiger partial charge in [-0.3, -0.25) is 19.4 Å². The number of primary amides is 1. The predicted molar refractivity (Wildman–Crippen MR) is 223 cm³/mol. The molecule has 0 aliphatic rings. The van der Waals surface area contributed by atoms with E-state index in [2.05, 4.69) is 34.8 Å². The lowest BCUT2D eigenvalue weighted by Gasteiger charge is -2.15. The van der Waals surface area contributed by atoms with Crippen LogP contribution >= 0.6 is 23.2 Å². The van der Waals surface area contributed by atoms with Crippen LogP contribution in [0.1, 0.15) is 52.8 Å².